The molecule has 3 aromatic carbocycles. The van der Waals surface area contributed by atoms with Gasteiger partial charge in [0.05, 0.1) is 16.0 Å². The van der Waals surface area contributed by atoms with Crippen LogP contribution in [0.3, 0.4) is 0 Å². The number of nitrogens with zero attached hydrogens (tertiary/aromatic N) is 1. The van der Waals surface area contributed by atoms with Gasteiger partial charge in [0.1, 0.15) is 0 Å². The van der Waals surface area contributed by atoms with Crippen LogP contribution in [0.15, 0.2) is 108 Å². The smallest absolute Gasteiger partial charge is 0.207 e. The molecule has 2 unspecified atom stereocenters. The first kappa shape index (κ1) is 27.1. The molecule has 200 valence electrons. The summed E-state index contributed by atoms with van der Waals surface area (Å²) < 4.78 is 31.6. The Balaban J connectivity index is 1.95. The standard InChI is InChI=1S/C35H37NO2S/c1-25-26(2)28(4)33-30(27(25)3)24-34(5)31-22-18-14-10-11-15-19-23-32(31)35(33,6)36(34)39(37,38)29-20-16-12-8-7-9-13-17-21-29/h7-23H,24H2,1-6H3. The van der Waals surface area contributed by atoms with Crippen molar-refractivity contribution in [2.45, 2.75) is 63.9 Å². The third kappa shape index (κ3) is 4.09. The minimum absolute atomic E-state index is 0.274. The molecule has 0 saturated carbocycles. The van der Waals surface area contributed by atoms with E-state index in [1.54, 1.807) is 24.3 Å². The molecule has 0 radical (unpaired) electrons. The van der Waals surface area contributed by atoms with Crippen molar-refractivity contribution in [1.82, 2.24) is 4.31 Å². The third-order valence-electron chi connectivity index (χ3n) is 8.88. The van der Waals surface area contributed by atoms with E-state index < -0.39 is 21.1 Å². The fraction of sp³-hybridized carbons (Fsp3) is 0.257. The predicted molar refractivity (Wildman–Crippen MR) is 160 cm³/mol. The maximum absolute atomic E-state index is 14.9. The summed E-state index contributed by atoms with van der Waals surface area (Å²) in [6.07, 6.45) is 0.608. The van der Waals surface area contributed by atoms with Crippen LogP contribution in [0, 0.1) is 27.7 Å². The molecule has 2 aliphatic rings. The quantitative estimate of drug-likeness (QED) is 0.334. The summed E-state index contributed by atoms with van der Waals surface area (Å²) in [4.78, 5) is 0.274. The molecule has 0 saturated heterocycles. The zero-order chi connectivity index (χ0) is 28.0. The van der Waals surface area contributed by atoms with Gasteiger partial charge in [0.2, 0.25) is 10.0 Å². The summed E-state index contributed by atoms with van der Waals surface area (Å²) in [5, 5.41) is 0. The Morgan fingerprint density at radius 3 is 1.56 bits per heavy atom. The van der Waals surface area contributed by atoms with Crippen molar-refractivity contribution in [2.24, 2.45) is 0 Å². The maximum atomic E-state index is 14.9. The van der Waals surface area contributed by atoms with E-state index in [-0.39, 0.29) is 4.90 Å². The second-order valence-corrected chi connectivity index (χ2v) is 12.8. The third-order valence-corrected chi connectivity index (χ3v) is 11.0. The highest BCUT2D eigenvalue weighted by atomic mass is 32.2. The first-order valence-electron chi connectivity index (χ1n) is 13.5. The van der Waals surface area contributed by atoms with Crippen LogP contribution >= 0.6 is 0 Å². The molecule has 2 heterocycles. The van der Waals surface area contributed by atoms with Crippen LogP contribution in [0.1, 0.15) is 58.4 Å². The lowest BCUT2D eigenvalue weighted by atomic mass is 9.74. The van der Waals surface area contributed by atoms with Crippen molar-refractivity contribution in [1.29, 1.82) is 0 Å². The number of hydrogen-bond acceptors (Lipinski definition) is 2. The van der Waals surface area contributed by atoms with Crippen LogP contribution in [-0.2, 0) is 27.5 Å². The van der Waals surface area contributed by atoms with E-state index in [1.165, 1.54) is 27.8 Å². The molecular formula is C35H37NO2S. The molecule has 0 aromatic heterocycles. The van der Waals surface area contributed by atoms with Gasteiger partial charge in [0.15, 0.2) is 0 Å². The number of benzene rings is 1. The first-order valence-corrected chi connectivity index (χ1v) is 15.0. The lowest BCUT2D eigenvalue weighted by Crippen LogP contribution is -2.56. The van der Waals surface area contributed by atoms with Crippen molar-refractivity contribution in [2.75, 3.05) is 0 Å². The van der Waals surface area contributed by atoms with E-state index >= 15 is 0 Å². The van der Waals surface area contributed by atoms with Crippen molar-refractivity contribution in [3.63, 3.8) is 0 Å². The van der Waals surface area contributed by atoms with E-state index in [0.29, 0.717) is 6.42 Å². The molecule has 0 fully saturated rings. The molecule has 0 aliphatic carbocycles. The van der Waals surface area contributed by atoms with Crippen LogP contribution < -0.4 is 0 Å². The Morgan fingerprint density at radius 2 is 1.03 bits per heavy atom. The fourth-order valence-corrected chi connectivity index (χ4v) is 8.90. The molecule has 0 N–H and O–H groups in total. The minimum atomic E-state index is -3.95. The van der Waals surface area contributed by atoms with Crippen LogP contribution in [0.25, 0.3) is 0 Å². The minimum Gasteiger partial charge on any atom is -0.207 e. The first-order chi connectivity index (χ1) is 18.6. The van der Waals surface area contributed by atoms with E-state index in [1.807, 2.05) is 71.0 Å². The van der Waals surface area contributed by atoms with E-state index in [0.717, 1.165) is 16.7 Å². The average Bonchev–Trinajstić information content (AvgIpc) is 3.05. The lowest BCUT2D eigenvalue weighted by Gasteiger charge is -2.49. The average molecular weight is 536 g/mol. The highest BCUT2D eigenvalue weighted by Gasteiger charge is 2.63. The molecule has 4 heteroatoms. The number of hydrogen-bond donors (Lipinski definition) is 0. The monoisotopic (exact) mass is 535 g/mol. The van der Waals surface area contributed by atoms with Crippen molar-refractivity contribution in [3.8, 4) is 0 Å². The molecule has 0 amide bonds. The molecule has 5 rings (SSSR count). The van der Waals surface area contributed by atoms with Gasteiger partial charge in [0.25, 0.3) is 0 Å². The summed E-state index contributed by atoms with van der Waals surface area (Å²) in [5.41, 5.74) is 7.71. The maximum Gasteiger partial charge on any atom is 0.245 e. The number of rotatable bonds is 2. The largest absolute Gasteiger partial charge is 0.245 e. The summed E-state index contributed by atoms with van der Waals surface area (Å²) in [6.45, 7) is 12.9. The zero-order valence-electron chi connectivity index (χ0n) is 23.7. The molecule has 0 spiro atoms. The van der Waals surface area contributed by atoms with Gasteiger partial charge >= 0.3 is 0 Å². The van der Waals surface area contributed by atoms with Gasteiger partial charge in [0, 0.05) is 0 Å². The van der Waals surface area contributed by atoms with Gasteiger partial charge in [-0.3, -0.25) is 0 Å². The Morgan fingerprint density at radius 1 is 0.590 bits per heavy atom. The van der Waals surface area contributed by atoms with Gasteiger partial charge in [-0.1, -0.05) is 91.0 Å². The molecule has 2 atom stereocenters. The van der Waals surface area contributed by atoms with Gasteiger partial charge in [-0.05, 0) is 105 Å². The molecule has 39 heavy (non-hydrogen) atoms. The van der Waals surface area contributed by atoms with E-state index in [9.17, 15) is 8.42 Å². The second kappa shape index (κ2) is 9.93. The van der Waals surface area contributed by atoms with Crippen LogP contribution in [-0.4, -0.2) is 12.7 Å². The Kier molecular flexibility index (Phi) is 6.90. The Hall–Kier alpha value is -3.47. The van der Waals surface area contributed by atoms with Crippen LogP contribution in [0.2, 0.25) is 0 Å². The SMILES string of the molecule is Cc1c(C)c(C)c2c(c1C)CC1(C)c3ccccccccc3C2(C)N1S(=O)(=O)c1ccccccccc1. The van der Waals surface area contributed by atoms with Crippen molar-refractivity contribution < 1.29 is 8.42 Å². The van der Waals surface area contributed by atoms with Gasteiger partial charge in [-0.2, -0.15) is 4.31 Å². The zero-order valence-corrected chi connectivity index (χ0v) is 24.5. The second-order valence-electron chi connectivity index (χ2n) is 11.0. The Bertz CT molecular complexity index is 1670. The molecule has 3 aromatic rings. The predicted octanol–water partition coefficient (Wildman–Crippen LogP) is 7.91. The van der Waals surface area contributed by atoms with Crippen molar-refractivity contribution in [3.05, 3.63) is 148 Å². The molecule has 2 aliphatic heterocycles. The summed E-state index contributed by atoms with van der Waals surface area (Å²) >= 11 is 0. The highest BCUT2D eigenvalue weighted by molar-refractivity contribution is 7.89. The van der Waals surface area contributed by atoms with Crippen LogP contribution in [0.4, 0.5) is 0 Å². The van der Waals surface area contributed by atoms with Crippen LogP contribution in [0.5, 0.6) is 0 Å². The molecule has 3 nitrogen and oxygen atoms in total. The fourth-order valence-electron chi connectivity index (χ4n) is 6.82. The van der Waals surface area contributed by atoms with E-state index in [2.05, 4.69) is 53.7 Å². The Labute approximate surface area is 233 Å². The normalized spacial score (nSPS) is 21.3. The van der Waals surface area contributed by atoms with Gasteiger partial charge < -0.3 is 0 Å². The van der Waals surface area contributed by atoms with Crippen molar-refractivity contribution >= 4 is 10.0 Å². The highest BCUT2D eigenvalue weighted by Crippen LogP contribution is 2.61. The molecule has 2 bridgehead atoms. The summed E-state index contributed by atoms with van der Waals surface area (Å²) in [5.74, 6) is 0. The summed E-state index contributed by atoms with van der Waals surface area (Å²) in [7, 11) is -3.95. The topological polar surface area (TPSA) is 37.4 Å². The molecular weight excluding hydrogens is 498 g/mol. The van der Waals surface area contributed by atoms with Gasteiger partial charge in [-0.25, -0.2) is 8.42 Å². The van der Waals surface area contributed by atoms with Gasteiger partial charge in [-0.15, -0.1) is 0 Å². The lowest BCUT2D eigenvalue weighted by molar-refractivity contribution is 0.125. The number of fused-ring (bicyclic) bond motifs is 7. The number of sulfonamides is 1. The summed E-state index contributed by atoms with van der Waals surface area (Å²) in [6, 6.07) is 32.7. The van der Waals surface area contributed by atoms with E-state index in [4.69, 9.17) is 0 Å².